The first-order valence-electron chi connectivity index (χ1n) is 9.52. The van der Waals surface area contributed by atoms with Crippen LogP contribution in [0, 0.1) is 24.0 Å². The van der Waals surface area contributed by atoms with Crippen molar-refractivity contribution in [3.05, 3.63) is 99.4 Å². The zero-order chi connectivity index (χ0) is 21.3. The van der Waals surface area contributed by atoms with Crippen LogP contribution in [0.4, 0.5) is 11.5 Å². The molecule has 0 fully saturated rings. The quantitative estimate of drug-likeness (QED) is 0.379. The number of hydrogen-bond donors (Lipinski definition) is 2. The number of fused-ring (bicyclic) bond motifs is 1. The van der Waals surface area contributed by atoms with Crippen molar-refractivity contribution in [3.63, 3.8) is 0 Å². The lowest BCUT2D eigenvalue weighted by molar-refractivity contribution is -0.385. The van der Waals surface area contributed by atoms with E-state index >= 15 is 0 Å². The van der Waals surface area contributed by atoms with Crippen molar-refractivity contribution in [1.29, 1.82) is 0 Å². The van der Waals surface area contributed by atoms with Gasteiger partial charge in [-0.05, 0) is 38.1 Å². The maximum absolute atomic E-state index is 11.7. The van der Waals surface area contributed by atoms with Gasteiger partial charge in [0.05, 0.1) is 16.2 Å². The van der Waals surface area contributed by atoms with Gasteiger partial charge in [0.15, 0.2) is 6.04 Å². The number of anilines is 1. The number of aromatic amines is 1. The number of aromatic nitrogens is 2. The molecule has 1 atom stereocenters. The first kappa shape index (κ1) is 19.3. The molecule has 0 saturated heterocycles. The van der Waals surface area contributed by atoms with Gasteiger partial charge in [0.2, 0.25) is 0 Å². The molecule has 30 heavy (non-hydrogen) atoms. The van der Waals surface area contributed by atoms with Gasteiger partial charge < -0.3 is 5.11 Å². The Morgan fingerprint density at radius 1 is 1.00 bits per heavy atom. The number of benzene rings is 2. The summed E-state index contributed by atoms with van der Waals surface area (Å²) in [5.74, 6) is 0.675. The summed E-state index contributed by atoms with van der Waals surface area (Å²) in [6.07, 6.45) is 0. The molecule has 0 radical (unpaired) electrons. The molecule has 0 bridgehead atoms. The van der Waals surface area contributed by atoms with Crippen molar-refractivity contribution >= 4 is 22.4 Å². The number of nitrogens with zero attached hydrogens (tertiary/aromatic N) is 2. The summed E-state index contributed by atoms with van der Waals surface area (Å²) in [5.41, 5.74) is 3.09. The molecular formula is C23H21N4O3+. The van der Waals surface area contributed by atoms with E-state index < -0.39 is 11.0 Å². The Hall–Kier alpha value is -4.00. The molecule has 7 heteroatoms. The average molecular weight is 401 g/mol. The number of hydrogen-bond acceptors (Lipinski definition) is 5. The molecule has 2 aromatic heterocycles. The first-order chi connectivity index (χ1) is 14.4. The van der Waals surface area contributed by atoms with Crippen LogP contribution in [0.1, 0.15) is 28.6 Å². The van der Waals surface area contributed by atoms with Crippen molar-refractivity contribution in [2.45, 2.75) is 19.9 Å². The van der Waals surface area contributed by atoms with E-state index in [4.69, 9.17) is 0 Å². The summed E-state index contributed by atoms with van der Waals surface area (Å²) < 4.78 is 0. The number of nitro benzene ring substituents is 1. The van der Waals surface area contributed by atoms with E-state index in [0.29, 0.717) is 22.5 Å². The molecule has 7 nitrogen and oxygen atoms in total. The predicted molar refractivity (Wildman–Crippen MR) is 114 cm³/mol. The molecule has 0 saturated carbocycles. The van der Waals surface area contributed by atoms with Gasteiger partial charge in [0.1, 0.15) is 11.3 Å². The zero-order valence-corrected chi connectivity index (χ0v) is 16.6. The van der Waals surface area contributed by atoms with Gasteiger partial charge in [0.25, 0.3) is 11.5 Å². The molecule has 0 aliphatic carbocycles. The Kier molecular flexibility index (Phi) is 5.02. The molecule has 3 N–H and O–H groups in total. The number of phenolic OH excluding ortho intramolecular Hbond substituents is 1. The highest BCUT2D eigenvalue weighted by molar-refractivity contribution is 5.86. The van der Waals surface area contributed by atoms with Crippen LogP contribution in [-0.2, 0) is 0 Å². The summed E-state index contributed by atoms with van der Waals surface area (Å²) in [6, 6.07) is 18.9. The lowest BCUT2D eigenvalue weighted by Crippen LogP contribution is -2.21. The van der Waals surface area contributed by atoms with Crippen LogP contribution in [0.3, 0.4) is 0 Å². The zero-order valence-electron chi connectivity index (χ0n) is 16.6. The molecule has 150 valence electrons. The van der Waals surface area contributed by atoms with Crippen molar-refractivity contribution in [2.75, 3.05) is 5.32 Å². The Morgan fingerprint density at radius 3 is 2.53 bits per heavy atom. The highest BCUT2D eigenvalue weighted by Gasteiger charge is 2.30. The molecule has 4 rings (SSSR count). The van der Waals surface area contributed by atoms with E-state index in [1.165, 1.54) is 6.07 Å². The van der Waals surface area contributed by atoms with Crippen LogP contribution in [0.2, 0.25) is 0 Å². The third-order valence-electron chi connectivity index (χ3n) is 5.00. The fourth-order valence-electron chi connectivity index (χ4n) is 3.56. The van der Waals surface area contributed by atoms with Crippen molar-refractivity contribution in [1.82, 2.24) is 4.98 Å². The van der Waals surface area contributed by atoms with Crippen molar-refractivity contribution in [2.24, 2.45) is 0 Å². The van der Waals surface area contributed by atoms with Gasteiger partial charge in [-0.3, -0.25) is 15.4 Å². The summed E-state index contributed by atoms with van der Waals surface area (Å²) >= 11 is 0. The lowest BCUT2D eigenvalue weighted by Gasteiger charge is -2.18. The van der Waals surface area contributed by atoms with Crippen LogP contribution >= 0.6 is 0 Å². The smallest absolute Gasteiger partial charge is 0.277 e. The molecule has 4 aromatic rings. The molecule has 2 aromatic carbocycles. The second-order valence-corrected chi connectivity index (χ2v) is 7.17. The van der Waals surface area contributed by atoms with E-state index in [0.717, 1.165) is 16.8 Å². The summed E-state index contributed by atoms with van der Waals surface area (Å²) in [7, 11) is 0. The summed E-state index contributed by atoms with van der Waals surface area (Å²) in [4.78, 5) is 19.0. The third-order valence-corrected chi connectivity index (χ3v) is 5.00. The SMILES string of the molecule is Cc1ccc2ccc([C@H](Nc3cccc(C)[nH+]3)c3ccccc3[N+](=O)[O-])c(O)c2n1. The third kappa shape index (κ3) is 3.65. The second kappa shape index (κ2) is 7.79. The first-order valence-corrected chi connectivity index (χ1v) is 9.52. The number of nitrogens with one attached hydrogen (secondary N) is 2. The number of pyridine rings is 2. The Morgan fingerprint density at radius 2 is 1.77 bits per heavy atom. The van der Waals surface area contributed by atoms with Crippen LogP contribution in [0.15, 0.2) is 66.7 Å². The number of aromatic hydroxyl groups is 1. The number of phenols is 1. The van der Waals surface area contributed by atoms with E-state index in [1.54, 1.807) is 24.3 Å². The van der Waals surface area contributed by atoms with E-state index in [1.807, 2.05) is 50.2 Å². The molecule has 0 amide bonds. The summed E-state index contributed by atoms with van der Waals surface area (Å²) in [5, 5.41) is 26.9. The fraction of sp³-hybridized carbons (Fsp3) is 0.130. The predicted octanol–water partition coefficient (Wildman–Crippen LogP) is 4.48. The number of para-hydroxylation sites is 1. The Bertz CT molecular complexity index is 1260. The monoisotopic (exact) mass is 401 g/mol. The Labute approximate surface area is 173 Å². The lowest BCUT2D eigenvalue weighted by atomic mass is 9.95. The van der Waals surface area contributed by atoms with Gasteiger partial charge >= 0.3 is 0 Å². The van der Waals surface area contributed by atoms with Crippen LogP contribution in [0.25, 0.3) is 10.9 Å². The van der Waals surface area contributed by atoms with Gasteiger partial charge in [0, 0.05) is 28.8 Å². The maximum atomic E-state index is 11.7. The molecule has 0 spiro atoms. The minimum absolute atomic E-state index is 0.000459. The van der Waals surface area contributed by atoms with E-state index in [-0.39, 0.29) is 11.4 Å². The highest BCUT2D eigenvalue weighted by Crippen LogP contribution is 2.39. The number of nitro groups is 1. The average Bonchev–Trinajstić information content (AvgIpc) is 2.73. The topological polar surface area (TPSA) is 102 Å². The number of H-pyrrole nitrogens is 1. The Balaban J connectivity index is 1.93. The molecule has 2 heterocycles. The molecular weight excluding hydrogens is 380 g/mol. The highest BCUT2D eigenvalue weighted by atomic mass is 16.6. The van der Waals surface area contributed by atoms with Crippen LogP contribution < -0.4 is 10.3 Å². The van der Waals surface area contributed by atoms with Crippen LogP contribution in [-0.4, -0.2) is 15.0 Å². The maximum Gasteiger partial charge on any atom is 0.277 e. The van der Waals surface area contributed by atoms with E-state index in [2.05, 4.69) is 15.3 Å². The van der Waals surface area contributed by atoms with Gasteiger partial charge in [-0.1, -0.05) is 30.3 Å². The fourth-order valence-corrected chi connectivity index (χ4v) is 3.56. The summed E-state index contributed by atoms with van der Waals surface area (Å²) in [6.45, 7) is 3.77. The van der Waals surface area contributed by atoms with E-state index in [9.17, 15) is 15.2 Å². The molecule has 0 aliphatic rings. The van der Waals surface area contributed by atoms with Gasteiger partial charge in [-0.25, -0.2) is 9.97 Å². The van der Waals surface area contributed by atoms with Gasteiger partial charge in [-0.2, -0.15) is 0 Å². The van der Waals surface area contributed by atoms with Crippen molar-refractivity contribution in [3.8, 4) is 5.75 Å². The van der Waals surface area contributed by atoms with Crippen LogP contribution in [0.5, 0.6) is 5.75 Å². The largest absolute Gasteiger partial charge is 0.505 e. The number of rotatable bonds is 5. The van der Waals surface area contributed by atoms with Gasteiger partial charge in [-0.15, -0.1) is 0 Å². The second-order valence-electron chi connectivity index (χ2n) is 7.17. The minimum atomic E-state index is -0.670. The standard InChI is InChI=1S/C23H20N4O3/c1-14-6-5-9-20(24-14)26-22(17-7-3-4-8-19(17)27(29)30)18-13-12-16-11-10-15(2)25-21(16)23(18)28/h3-13,22,28H,1-2H3,(H,24,26)/p+1/t22-/m1/s1. The number of aryl methyl sites for hydroxylation is 2. The molecule has 0 aliphatic heterocycles. The molecule has 0 unspecified atom stereocenters. The van der Waals surface area contributed by atoms with Crippen molar-refractivity contribution < 1.29 is 15.0 Å². The minimum Gasteiger partial charge on any atom is -0.505 e. The normalized spacial score (nSPS) is 11.9.